The van der Waals surface area contributed by atoms with E-state index in [0.717, 1.165) is 6.92 Å². The van der Waals surface area contributed by atoms with Crippen molar-refractivity contribution < 1.29 is 23.1 Å². The highest BCUT2D eigenvalue weighted by Crippen LogP contribution is 2.34. The number of alkyl halides is 2. The number of hydrogen-bond donors (Lipinski definition) is 1. The van der Waals surface area contributed by atoms with Crippen molar-refractivity contribution >= 4 is 17.6 Å². The Bertz CT molecular complexity index is 961. The second kappa shape index (κ2) is 7.69. The minimum atomic E-state index is -2.98. The van der Waals surface area contributed by atoms with Crippen molar-refractivity contribution in [2.75, 3.05) is 11.9 Å². The molecule has 1 aliphatic rings. The predicted octanol–water partition coefficient (Wildman–Crippen LogP) is 2.89. The maximum absolute atomic E-state index is 13.0. The van der Waals surface area contributed by atoms with E-state index in [1.165, 1.54) is 13.1 Å². The highest BCUT2D eigenvalue weighted by molar-refractivity contribution is 6.01. The van der Waals surface area contributed by atoms with Crippen LogP contribution >= 0.6 is 0 Å². The summed E-state index contributed by atoms with van der Waals surface area (Å²) in [6.45, 7) is 5.05. The average molecular weight is 405 g/mol. The van der Waals surface area contributed by atoms with Gasteiger partial charge in [-0.2, -0.15) is 0 Å². The zero-order valence-corrected chi connectivity index (χ0v) is 16.5. The maximum Gasteiger partial charge on any atom is 0.278 e. The van der Waals surface area contributed by atoms with E-state index < -0.39 is 18.6 Å². The Kier molecular flexibility index (Phi) is 5.45. The summed E-state index contributed by atoms with van der Waals surface area (Å²) in [4.78, 5) is 30.0. The third-order valence-electron chi connectivity index (χ3n) is 4.49. The summed E-state index contributed by atoms with van der Waals surface area (Å²) in [6, 6.07) is 2.83. The molecule has 1 N–H and O–H groups in total. The van der Waals surface area contributed by atoms with E-state index in [1.54, 1.807) is 30.9 Å². The van der Waals surface area contributed by atoms with Gasteiger partial charge in [0.2, 0.25) is 11.8 Å². The lowest BCUT2D eigenvalue weighted by molar-refractivity contribution is -0.114. The molecule has 2 aromatic rings. The van der Waals surface area contributed by atoms with E-state index in [0.29, 0.717) is 28.2 Å². The van der Waals surface area contributed by atoms with Crippen LogP contribution in [0.1, 0.15) is 54.0 Å². The van der Waals surface area contributed by atoms with Gasteiger partial charge in [-0.05, 0) is 26.0 Å². The smallest absolute Gasteiger partial charge is 0.278 e. The van der Waals surface area contributed by atoms with Gasteiger partial charge in [0.15, 0.2) is 6.61 Å². The summed E-state index contributed by atoms with van der Waals surface area (Å²) in [5, 5.41) is 10.6. The minimum Gasteiger partial charge on any atom is -0.470 e. The van der Waals surface area contributed by atoms with Gasteiger partial charge in [-0.15, -0.1) is 10.2 Å². The largest absolute Gasteiger partial charge is 0.470 e. The quantitative estimate of drug-likeness (QED) is 0.794. The van der Waals surface area contributed by atoms with Crippen LogP contribution in [0.4, 0.5) is 14.6 Å². The lowest BCUT2D eigenvalue weighted by atomic mass is 10.1. The Morgan fingerprint density at radius 1 is 1.41 bits per heavy atom. The molecule has 0 aliphatic carbocycles. The molecule has 0 saturated heterocycles. The molecule has 29 heavy (non-hydrogen) atoms. The minimum absolute atomic E-state index is 0.0238. The Morgan fingerprint density at radius 3 is 2.76 bits per heavy atom. The number of hydrogen-bond acceptors (Lipinski definition) is 6. The summed E-state index contributed by atoms with van der Waals surface area (Å²) in [5.41, 5.74) is 2.13. The number of nitrogens with zero attached hydrogens (tertiary/aromatic N) is 4. The number of nitrogens with one attached hydrogen (secondary N) is 1. The fourth-order valence-corrected chi connectivity index (χ4v) is 3.03. The van der Waals surface area contributed by atoms with E-state index in [-0.39, 0.29) is 24.2 Å². The second-order valence-electron chi connectivity index (χ2n) is 7.09. The molecule has 0 aromatic carbocycles. The Labute approximate surface area is 166 Å². The fraction of sp³-hybridized carbons (Fsp3) is 0.421. The van der Waals surface area contributed by atoms with Gasteiger partial charge in [-0.25, -0.2) is 13.8 Å². The van der Waals surface area contributed by atoms with Crippen molar-refractivity contribution in [3.8, 4) is 5.88 Å². The molecule has 10 heteroatoms. The number of carbonyl (C=O) groups is 2. The van der Waals surface area contributed by atoms with Crippen molar-refractivity contribution in [1.29, 1.82) is 0 Å². The van der Waals surface area contributed by atoms with Crippen LogP contribution < -0.4 is 10.1 Å². The molecule has 0 fully saturated rings. The van der Waals surface area contributed by atoms with Crippen molar-refractivity contribution in [3.63, 3.8) is 0 Å². The van der Waals surface area contributed by atoms with E-state index in [2.05, 4.69) is 20.5 Å². The summed E-state index contributed by atoms with van der Waals surface area (Å²) >= 11 is 0. The summed E-state index contributed by atoms with van der Waals surface area (Å²) in [6.07, 6.45) is 1.47. The van der Waals surface area contributed by atoms with Gasteiger partial charge in [0.25, 0.3) is 11.8 Å². The number of halogens is 2. The number of aryl methyl sites for hydroxylation is 1. The first-order valence-electron chi connectivity index (χ1n) is 8.98. The van der Waals surface area contributed by atoms with Crippen LogP contribution in [0.3, 0.4) is 0 Å². The van der Waals surface area contributed by atoms with Gasteiger partial charge >= 0.3 is 0 Å². The summed E-state index contributed by atoms with van der Waals surface area (Å²) in [7, 11) is 0. The van der Waals surface area contributed by atoms with Gasteiger partial charge in [0.1, 0.15) is 5.82 Å². The molecule has 2 amide bonds. The summed E-state index contributed by atoms with van der Waals surface area (Å²) in [5.74, 6) is -3.10. The Hall–Kier alpha value is -3.17. The molecule has 1 atom stereocenters. The fourth-order valence-electron chi connectivity index (χ4n) is 3.03. The van der Waals surface area contributed by atoms with Crippen molar-refractivity contribution in [3.05, 3.63) is 40.7 Å². The number of pyridine rings is 1. The zero-order chi connectivity index (χ0) is 21.3. The Morgan fingerprint density at radius 2 is 2.14 bits per heavy atom. The molecule has 3 rings (SSSR count). The highest BCUT2D eigenvalue weighted by atomic mass is 19.3. The van der Waals surface area contributed by atoms with Crippen LogP contribution in [0.15, 0.2) is 18.3 Å². The third-order valence-corrected chi connectivity index (χ3v) is 4.49. The SMILES string of the molecule is CC(=O)Nc1nccc2c1CN(C(C)c1cc(C)c(OCC(C)(F)F)nn1)C2=O. The molecule has 0 spiro atoms. The van der Waals surface area contributed by atoms with Crippen molar-refractivity contribution in [1.82, 2.24) is 20.1 Å². The normalized spacial score (nSPS) is 14.6. The lowest BCUT2D eigenvalue weighted by Gasteiger charge is -2.24. The molecule has 3 heterocycles. The molecule has 0 bridgehead atoms. The van der Waals surface area contributed by atoms with Gasteiger partial charge in [-0.1, -0.05) is 0 Å². The number of fused-ring (bicyclic) bond motifs is 1. The number of aromatic nitrogens is 3. The first-order chi connectivity index (χ1) is 13.6. The molecule has 1 aliphatic heterocycles. The number of ether oxygens (including phenoxy) is 1. The van der Waals surface area contributed by atoms with Gasteiger partial charge in [0.05, 0.1) is 18.3 Å². The average Bonchev–Trinajstić information content (AvgIpc) is 2.97. The summed E-state index contributed by atoms with van der Waals surface area (Å²) < 4.78 is 31.0. The molecule has 2 aromatic heterocycles. The van der Waals surface area contributed by atoms with Crippen LogP contribution in [0.5, 0.6) is 5.88 Å². The number of carbonyl (C=O) groups excluding carboxylic acids is 2. The molecule has 154 valence electrons. The number of rotatable bonds is 6. The van der Waals surface area contributed by atoms with E-state index in [4.69, 9.17) is 4.74 Å². The van der Waals surface area contributed by atoms with E-state index in [1.807, 2.05) is 0 Å². The number of anilines is 1. The van der Waals surface area contributed by atoms with Crippen LogP contribution in [0, 0.1) is 6.92 Å². The van der Waals surface area contributed by atoms with E-state index in [9.17, 15) is 18.4 Å². The first kappa shape index (κ1) is 20.6. The molecular weight excluding hydrogens is 384 g/mol. The van der Waals surface area contributed by atoms with Crippen LogP contribution in [-0.2, 0) is 11.3 Å². The van der Waals surface area contributed by atoms with Gasteiger partial charge in [-0.3, -0.25) is 9.59 Å². The molecule has 0 saturated carbocycles. The Balaban J connectivity index is 1.80. The van der Waals surface area contributed by atoms with Gasteiger partial charge < -0.3 is 15.0 Å². The monoisotopic (exact) mass is 405 g/mol. The zero-order valence-electron chi connectivity index (χ0n) is 16.5. The number of amides is 2. The molecule has 8 nitrogen and oxygen atoms in total. The maximum atomic E-state index is 13.0. The second-order valence-corrected chi connectivity index (χ2v) is 7.09. The predicted molar refractivity (Wildman–Crippen MR) is 99.7 cm³/mol. The van der Waals surface area contributed by atoms with Crippen LogP contribution in [0.25, 0.3) is 0 Å². The standard InChI is InChI=1S/C19H21F2N5O3/c1-10-7-15(24-25-17(10)29-9-19(4,20)21)11(2)26-8-14-13(18(26)28)5-6-22-16(14)23-12(3)27/h5-7,11H,8-9H2,1-4H3,(H,22,23,27). The molecular formula is C19H21F2N5O3. The molecule has 0 radical (unpaired) electrons. The van der Waals surface area contributed by atoms with Crippen molar-refractivity contribution in [2.45, 2.75) is 46.2 Å². The first-order valence-corrected chi connectivity index (χ1v) is 8.98. The lowest BCUT2D eigenvalue weighted by Crippen LogP contribution is -2.28. The van der Waals surface area contributed by atoms with Crippen LogP contribution in [0.2, 0.25) is 0 Å². The third kappa shape index (κ3) is 4.47. The van der Waals surface area contributed by atoms with Gasteiger partial charge in [0, 0.05) is 36.7 Å². The van der Waals surface area contributed by atoms with E-state index >= 15 is 0 Å². The molecule has 1 unspecified atom stereocenters. The van der Waals surface area contributed by atoms with Crippen molar-refractivity contribution in [2.24, 2.45) is 0 Å². The topological polar surface area (TPSA) is 97.3 Å². The van der Waals surface area contributed by atoms with Crippen LogP contribution in [-0.4, -0.2) is 44.4 Å². The highest BCUT2D eigenvalue weighted by Gasteiger charge is 2.34.